The number of carbonyl (C=O) groups is 1. The van der Waals surface area contributed by atoms with E-state index in [9.17, 15) is 17.6 Å². The maximum atomic E-state index is 12.9. The molecule has 0 bridgehead atoms. The highest BCUT2D eigenvalue weighted by molar-refractivity contribution is 7.94. The van der Waals surface area contributed by atoms with Crippen LogP contribution in [0.2, 0.25) is 0 Å². The van der Waals surface area contributed by atoms with Crippen molar-refractivity contribution in [3.63, 3.8) is 0 Å². The summed E-state index contributed by atoms with van der Waals surface area (Å²) < 4.78 is 43.4. The molecule has 0 aliphatic heterocycles. The van der Waals surface area contributed by atoms with Crippen LogP contribution in [0.1, 0.15) is 10.4 Å². The zero-order chi connectivity index (χ0) is 14.8. The number of ether oxygens (including phenoxy) is 1. The molecule has 0 unspecified atom stereocenters. The van der Waals surface area contributed by atoms with Crippen molar-refractivity contribution in [2.75, 3.05) is 11.8 Å². The Morgan fingerprint density at radius 3 is 2.35 bits per heavy atom. The molecular weight excluding hydrogens is 305 g/mol. The first-order valence-electron chi connectivity index (χ1n) is 5.39. The molecule has 0 fully saturated rings. The zero-order valence-electron chi connectivity index (χ0n) is 10.3. The van der Waals surface area contributed by atoms with E-state index in [1.165, 1.54) is 37.4 Å². The molecule has 106 valence electrons. The third-order valence-corrected chi connectivity index (χ3v) is 5.12. The molecule has 0 aliphatic rings. The molecule has 2 aromatic rings. The van der Waals surface area contributed by atoms with E-state index in [2.05, 4.69) is 9.46 Å². The van der Waals surface area contributed by atoms with E-state index in [0.717, 1.165) is 6.07 Å². The number of anilines is 1. The summed E-state index contributed by atoms with van der Waals surface area (Å²) >= 11 is 0.534. The van der Waals surface area contributed by atoms with Gasteiger partial charge in [-0.2, -0.15) is 4.39 Å². The first-order valence-corrected chi connectivity index (χ1v) is 7.69. The normalized spacial score (nSPS) is 11.1. The number of benzene rings is 1. The number of esters is 1. The number of sulfonamides is 1. The number of hydrogen-bond acceptors (Lipinski definition) is 5. The number of nitrogens with one attached hydrogen (secondary N) is 1. The van der Waals surface area contributed by atoms with Gasteiger partial charge in [-0.3, -0.25) is 4.72 Å². The van der Waals surface area contributed by atoms with Gasteiger partial charge in [0.15, 0.2) is 5.13 Å². The SMILES string of the molecule is COC(=O)c1ccc(NS(=O)(=O)c2ccc(F)s2)cc1. The fourth-order valence-electron chi connectivity index (χ4n) is 1.44. The molecule has 0 amide bonds. The van der Waals surface area contributed by atoms with Gasteiger partial charge in [0, 0.05) is 5.69 Å². The van der Waals surface area contributed by atoms with Gasteiger partial charge >= 0.3 is 5.97 Å². The molecule has 2 rings (SSSR count). The highest BCUT2D eigenvalue weighted by atomic mass is 32.2. The molecule has 0 atom stereocenters. The predicted octanol–water partition coefficient (Wildman–Crippen LogP) is 2.47. The Morgan fingerprint density at radius 1 is 1.20 bits per heavy atom. The van der Waals surface area contributed by atoms with Crippen LogP contribution in [-0.4, -0.2) is 21.5 Å². The van der Waals surface area contributed by atoms with Gasteiger partial charge in [0.1, 0.15) is 4.21 Å². The predicted molar refractivity (Wildman–Crippen MR) is 72.9 cm³/mol. The molecular formula is C12H10FNO4S2. The molecule has 0 radical (unpaired) electrons. The van der Waals surface area contributed by atoms with Crippen LogP contribution in [0.5, 0.6) is 0 Å². The van der Waals surface area contributed by atoms with Crippen LogP contribution in [0.25, 0.3) is 0 Å². The summed E-state index contributed by atoms with van der Waals surface area (Å²) in [5.41, 5.74) is 0.573. The van der Waals surface area contributed by atoms with E-state index in [-0.39, 0.29) is 9.90 Å². The summed E-state index contributed by atoms with van der Waals surface area (Å²) in [6.07, 6.45) is 0. The molecule has 20 heavy (non-hydrogen) atoms. The fourth-order valence-corrected chi connectivity index (χ4v) is 3.50. The van der Waals surface area contributed by atoms with Crippen LogP contribution in [0.15, 0.2) is 40.6 Å². The van der Waals surface area contributed by atoms with E-state index < -0.39 is 21.1 Å². The number of thiophene rings is 1. The fraction of sp³-hybridized carbons (Fsp3) is 0.0833. The van der Waals surface area contributed by atoms with Crippen molar-refractivity contribution < 1.29 is 22.3 Å². The van der Waals surface area contributed by atoms with Gasteiger partial charge in [0.05, 0.1) is 12.7 Å². The third-order valence-electron chi connectivity index (χ3n) is 2.37. The summed E-state index contributed by atoms with van der Waals surface area (Å²) in [6, 6.07) is 7.98. The van der Waals surface area contributed by atoms with Crippen LogP contribution in [0, 0.1) is 5.13 Å². The van der Waals surface area contributed by atoms with Gasteiger partial charge < -0.3 is 4.74 Å². The van der Waals surface area contributed by atoms with E-state index in [1.54, 1.807) is 0 Å². The Labute approximate surface area is 119 Å². The summed E-state index contributed by atoms with van der Waals surface area (Å²) in [5.74, 6) is -0.514. The lowest BCUT2D eigenvalue weighted by Crippen LogP contribution is -2.11. The topological polar surface area (TPSA) is 72.5 Å². The zero-order valence-corrected chi connectivity index (χ0v) is 11.9. The van der Waals surface area contributed by atoms with Crippen molar-refractivity contribution in [1.82, 2.24) is 0 Å². The van der Waals surface area contributed by atoms with Crippen LogP contribution in [-0.2, 0) is 14.8 Å². The Kier molecular flexibility index (Phi) is 4.05. The number of carbonyl (C=O) groups excluding carboxylic acids is 1. The Hall–Kier alpha value is -1.93. The van der Waals surface area contributed by atoms with Gasteiger partial charge in [-0.15, -0.1) is 0 Å². The molecule has 1 N–H and O–H groups in total. The van der Waals surface area contributed by atoms with E-state index in [1.807, 2.05) is 0 Å². The Bertz CT molecular complexity index is 722. The Balaban J connectivity index is 2.20. The van der Waals surface area contributed by atoms with E-state index >= 15 is 0 Å². The number of halogens is 1. The minimum Gasteiger partial charge on any atom is -0.465 e. The van der Waals surface area contributed by atoms with Gasteiger partial charge in [-0.1, -0.05) is 11.3 Å². The monoisotopic (exact) mass is 315 g/mol. The lowest BCUT2D eigenvalue weighted by atomic mass is 10.2. The standard InChI is InChI=1S/C12H10FNO4S2/c1-18-12(15)8-2-4-9(5-3-8)14-20(16,17)11-7-6-10(13)19-11/h2-7,14H,1H3. The second-order valence-corrected chi connectivity index (χ2v) is 6.68. The number of hydrogen-bond donors (Lipinski definition) is 1. The minimum atomic E-state index is -3.82. The van der Waals surface area contributed by atoms with Crippen LogP contribution in [0.4, 0.5) is 10.1 Å². The molecule has 0 aliphatic carbocycles. The largest absolute Gasteiger partial charge is 0.465 e. The van der Waals surface area contributed by atoms with Crippen LogP contribution in [0.3, 0.4) is 0 Å². The van der Waals surface area contributed by atoms with Gasteiger partial charge in [-0.05, 0) is 36.4 Å². The molecule has 0 spiro atoms. The van der Waals surface area contributed by atoms with Crippen molar-refractivity contribution in [3.8, 4) is 0 Å². The summed E-state index contributed by atoms with van der Waals surface area (Å²) in [7, 11) is -2.56. The second kappa shape index (κ2) is 5.59. The third kappa shape index (κ3) is 3.14. The molecule has 1 heterocycles. The number of methoxy groups -OCH3 is 1. The summed E-state index contributed by atoms with van der Waals surface area (Å²) in [6.45, 7) is 0. The van der Waals surface area contributed by atoms with Crippen LogP contribution < -0.4 is 4.72 Å². The first-order chi connectivity index (χ1) is 9.42. The molecule has 0 saturated carbocycles. The first kappa shape index (κ1) is 14.5. The highest BCUT2D eigenvalue weighted by Crippen LogP contribution is 2.23. The van der Waals surface area contributed by atoms with E-state index in [4.69, 9.17) is 0 Å². The molecule has 8 heteroatoms. The lowest BCUT2D eigenvalue weighted by molar-refractivity contribution is 0.0601. The van der Waals surface area contributed by atoms with Crippen molar-refractivity contribution in [3.05, 3.63) is 47.1 Å². The summed E-state index contributed by atoms with van der Waals surface area (Å²) in [5, 5.41) is -0.577. The van der Waals surface area contributed by atoms with Gasteiger partial charge in [0.2, 0.25) is 0 Å². The minimum absolute atomic E-state index is 0.118. The Morgan fingerprint density at radius 2 is 1.85 bits per heavy atom. The molecule has 1 aromatic heterocycles. The summed E-state index contributed by atoms with van der Waals surface area (Å²) in [4.78, 5) is 11.2. The van der Waals surface area contributed by atoms with Gasteiger partial charge in [0.25, 0.3) is 10.0 Å². The smallest absolute Gasteiger partial charge is 0.337 e. The van der Waals surface area contributed by atoms with Crippen molar-refractivity contribution in [2.45, 2.75) is 4.21 Å². The molecule has 5 nitrogen and oxygen atoms in total. The van der Waals surface area contributed by atoms with Crippen LogP contribution >= 0.6 is 11.3 Å². The lowest BCUT2D eigenvalue weighted by Gasteiger charge is -2.06. The van der Waals surface area contributed by atoms with Gasteiger partial charge in [-0.25, -0.2) is 13.2 Å². The van der Waals surface area contributed by atoms with Crippen molar-refractivity contribution in [2.24, 2.45) is 0 Å². The maximum absolute atomic E-state index is 12.9. The quantitative estimate of drug-likeness (QED) is 0.880. The second-order valence-electron chi connectivity index (χ2n) is 3.73. The average molecular weight is 315 g/mol. The van der Waals surface area contributed by atoms with Crippen molar-refractivity contribution in [1.29, 1.82) is 0 Å². The highest BCUT2D eigenvalue weighted by Gasteiger charge is 2.17. The maximum Gasteiger partial charge on any atom is 0.337 e. The molecule has 0 saturated heterocycles. The number of rotatable bonds is 4. The molecule has 1 aromatic carbocycles. The van der Waals surface area contributed by atoms with Crippen molar-refractivity contribution >= 4 is 33.0 Å². The average Bonchev–Trinajstić information content (AvgIpc) is 2.86. The van der Waals surface area contributed by atoms with E-state index in [0.29, 0.717) is 16.9 Å².